The summed E-state index contributed by atoms with van der Waals surface area (Å²) >= 11 is 0. The summed E-state index contributed by atoms with van der Waals surface area (Å²) in [6, 6.07) is 0. The highest BCUT2D eigenvalue weighted by atomic mass is 16.6. The van der Waals surface area contributed by atoms with Gasteiger partial charge in [-0.15, -0.1) is 0 Å². The molecule has 2 amide bonds. The molecule has 0 heterocycles. The number of carbonyl (C=O) groups is 3. The molecular formula is C18H32N2O6. The van der Waals surface area contributed by atoms with Crippen LogP contribution >= 0.6 is 0 Å². The molecule has 8 heteroatoms. The second-order valence-electron chi connectivity index (χ2n) is 7.66. The van der Waals surface area contributed by atoms with Gasteiger partial charge in [0.15, 0.2) is 0 Å². The predicted molar refractivity (Wildman–Crippen MR) is 97.1 cm³/mol. The molecule has 0 fully saturated rings. The van der Waals surface area contributed by atoms with Crippen LogP contribution in [0.15, 0.2) is 12.2 Å². The van der Waals surface area contributed by atoms with E-state index < -0.39 is 29.0 Å². The smallest absolute Gasteiger partial charge is 0.330 e. The van der Waals surface area contributed by atoms with Gasteiger partial charge in [-0.05, 0) is 27.2 Å². The zero-order chi connectivity index (χ0) is 20.4. The van der Waals surface area contributed by atoms with Crippen molar-refractivity contribution in [3.05, 3.63) is 12.2 Å². The Kier molecular flexibility index (Phi) is 10.1. The molecular weight excluding hydrogens is 340 g/mol. The molecule has 0 aromatic rings. The molecule has 0 spiro atoms. The van der Waals surface area contributed by atoms with Crippen LogP contribution in [0.1, 0.15) is 47.5 Å². The first kappa shape index (κ1) is 24.1. The summed E-state index contributed by atoms with van der Waals surface area (Å²) in [4.78, 5) is 34.8. The third-order valence-corrected chi connectivity index (χ3v) is 3.34. The Bertz CT molecular complexity index is 508. The SMILES string of the molecule is CC(C)(C)OC(=O)/C=C/CCNC(=O)CCNC(=O)[C@H](O)C(C)(C)CO. The normalized spacial score (nSPS) is 13.3. The lowest BCUT2D eigenvalue weighted by atomic mass is 9.87. The molecule has 0 aliphatic rings. The van der Waals surface area contributed by atoms with Crippen LogP contribution in [-0.4, -0.2) is 59.4 Å². The van der Waals surface area contributed by atoms with Gasteiger partial charge in [0, 0.05) is 31.0 Å². The van der Waals surface area contributed by atoms with Gasteiger partial charge in [-0.1, -0.05) is 19.9 Å². The minimum atomic E-state index is -1.35. The average molecular weight is 372 g/mol. The molecule has 8 nitrogen and oxygen atoms in total. The number of hydrogen-bond donors (Lipinski definition) is 4. The monoisotopic (exact) mass is 372 g/mol. The van der Waals surface area contributed by atoms with Crippen LogP contribution in [0.4, 0.5) is 0 Å². The Morgan fingerprint density at radius 2 is 1.69 bits per heavy atom. The lowest BCUT2D eigenvalue weighted by molar-refractivity contribution is -0.148. The fourth-order valence-corrected chi connectivity index (χ4v) is 1.74. The molecule has 0 rings (SSSR count). The highest BCUT2D eigenvalue weighted by Crippen LogP contribution is 2.19. The first-order chi connectivity index (χ1) is 11.9. The molecule has 0 aliphatic carbocycles. The first-order valence-corrected chi connectivity index (χ1v) is 8.62. The van der Waals surface area contributed by atoms with E-state index in [0.29, 0.717) is 13.0 Å². The van der Waals surface area contributed by atoms with Crippen molar-refractivity contribution >= 4 is 17.8 Å². The molecule has 0 aromatic carbocycles. The first-order valence-electron chi connectivity index (χ1n) is 8.62. The van der Waals surface area contributed by atoms with Crippen LogP contribution in [-0.2, 0) is 19.1 Å². The van der Waals surface area contributed by atoms with E-state index in [9.17, 15) is 19.5 Å². The number of rotatable bonds is 10. The van der Waals surface area contributed by atoms with Crippen LogP contribution < -0.4 is 10.6 Å². The van der Waals surface area contributed by atoms with E-state index in [2.05, 4.69) is 10.6 Å². The fourth-order valence-electron chi connectivity index (χ4n) is 1.74. The second-order valence-corrected chi connectivity index (χ2v) is 7.66. The van der Waals surface area contributed by atoms with Crippen molar-refractivity contribution in [2.24, 2.45) is 5.41 Å². The van der Waals surface area contributed by atoms with Crippen LogP contribution in [0, 0.1) is 5.41 Å². The fraction of sp³-hybridized carbons (Fsp3) is 0.722. The Morgan fingerprint density at radius 1 is 1.08 bits per heavy atom. The molecule has 0 saturated heterocycles. The lowest BCUT2D eigenvalue weighted by Crippen LogP contribution is -2.46. The van der Waals surface area contributed by atoms with Crippen molar-refractivity contribution in [3.8, 4) is 0 Å². The maximum absolute atomic E-state index is 11.7. The van der Waals surface area contributed by atoms with Crippen molar-refractivity contribution in [1.29, 1.82) is 0 Å². The van der Waals surface area contributed by atoms with Gasteiger partial charge in [-0.2, -0.15) is 0 Å². The maximum Gasteiger partial charge on any atom is 0.330 e. The van der Waals surface area contributed by atoms with Gasteiger partial charge in [-0.3, -0.25) is 9.59 Å². The van der Waals surface area contributed by atoms with Gasteiger partial charge >= 0.3 is 5.97 Å². The zero-order valence-corrected chi connectivity index (χ0v) is 16.3. The molecule has 0 unspecified atom stereocenters. The molecule has 0 bridgehead atoms. The topological polar surface area (TPSA) is 125 Å². The summed E-state index contributed by atoms with van der Waals surface area (Å²) in [5.74, 6) is -1.32. The highest BCUT2D eigenvalue weighted by Gasteiger charge is 2.32. The average Bonchev–Trinajstić information content (AvgIpc) is 2.51. The largest absolute Gasteiger partial charge is 0.457 e. The molecule has 4 N–H and O–H groups in total. The summed E-state index contributed by atoms with van der Waals surface area (Å²) in [6.45, 7) is 8.57. The van der Waals surface area contributed by atoms with E-state index in [1.807, 2.05) is 0 Å². The Labute approximate surface area is 155 Å². The standard InChI is InChI=1S/C18H32N2O6/c1-17(2,3)26-14(23)8-6-7-10-19-13(22)9-11-20-16(25)15(24)18(4,5)12-21/h6,8,15,21,24H,7,9-12H2,1-5H3,(H,19,22)(H,20,25)/b8-6+/t15-/m0/s1. The van der Waals surface area contributed by atoms with Crippen molar-refractivity contribution in [1.82, 2.24) is 10.6 Å². The molecule has 0 saturated carbocycles. The van der Waals surface area contributed by atoms with Crippen LogP contribution in [0.3, 0.4) is 0 Å². The van der Waals surface area contributed by atoms with Gasteiger partial charge in [0.1, 0.15) is 11.7 Å². The predicted octanol–water partition coefficient (Wildman–Crippen LogP) is 0.276. The van der Waals surface area contributed by atoms with Crippen LogP contribution in [0.25, 0.3) is 0 Å². The van der Waals surface area contributed by atoms with E-state index in [1.54, 1.807) is 40.7 Å². The molecule has 26 heavy (non-hydrogen) atoms. The Morgan fingerprint density at radius 3 is 2.23 bits per heavy atom. The third kappa shape index (κ3) is 10.8. The number of amides is 2. The van der Waals surface area contributed by atoms with Crippen molar-refractivity contribution in [3.63, 3.8) is 0 Å². The summed E-state index contributed by atoms with van der Waals surface area (Å²) in [5, 5.41) is 24.0. The second kappa shape index (κ2) is 10.9. The number of carbonyl (C=O) groups excluding carboxylic acids is 3. The Hall–Kier alpha value is -1.93. The maximum atomic E-state index is 11.7. The molecule has 0 aromatic heterocycles. The number of hydrogen-bond acceptors (Lipinski definition) is 6. The molecule has 1 atom stereocenters. The van der Waals surface area contributed by atoms with E-state index in [-0.39, 0.29) is 25.5 Å². The minimum absolute atomic E-state index is 0.0633. The van der Waals surface area contributed by atoms with Gasteiger partial charge in [0.25, 0.3) is 0 Å². The minimum Gasteiger partial charge on any atom is -0.457 e. The van der Waals surface area contributed by atoms with Crippen molar-refractivity contribution in [2.45, 2.75) is 59.2 Å². The lowest BCUT2D eigenvalue weighted by Gasteiger charge is -2.27. The summed E-state index contributed by atoms with van der Waals surface area (Å²) < 4.78 is 5.10. The molecule has 150 valence electrons. The van der Waals surface area contributed by atoms with Gasteiger partial charge in [0.2, 0.25) is 11.8 Å². The van der Waals surface area contributed by atoms with E-state index in [4.69, 9.17) is 9.84 Å². The molecule has 0 radical (unpaired) electrons. The van der Waals surface area contributed by atoms with E-state index in [0.717, 1.165) is 0 Å². The van der Waals surface area contributed by atoms with Gasteiger partial charge < -0.3 is 25.6 Å². The van der Waals surface area contributed by atoms with Crippen LogP contribution in [0.2, 0.25) is 0 Å². The van der Waals surface area contributed by atoms with Gasteiger partial charge in [-0.25, -0.2) is 4.79 Å². The number of aliphatic hydroxyl groups excluding tert-OH is 2. The number of nitrogens with one attached hydrogen (secondary N) is 2. The zero-order valence-electron chi connectivity index (χ0n) is 16.3. The van der Waals surface area contributed by atoms with Gasteiger partial charge in [0.05, 0.1) is 6.61 Å². The number of ether oxygens (including phenoxy) is 1. The van der Waals surface area contributed by atoms with E-state index >= 15 is 0 Å². The van der Waals surface area contributed by atoms with E-state index in [1.165, 1.54) is 6.08 Å². The quantitative estimate of drug-likeness (QED) is 0.248. The number of aliphatic hydroxyl groups is 2. The summed E-state index contributed by atoms with van der Waals surface area (Å²) in [7, 11) is 0. The van der Waals surface area contributed by atoms with Crippen molar-refractivity contribution in [2.75, 3.05) is 19.7 Å². The third-order valence-electron chi connectivity index (χ3n) is 3.34. The number of esters is 1. The highest BCUT2D eigenvalue weighted by molar-refractivity contribution is 5.83. The summed E-state index contributed by atoms with van der Waals surface area (Å²) in [6.07, 6.45) is 2.12. The Balaban J connectivity index is 3.95. The summed E-state index contributed by atoms with van der Waals surface area (Å²) in [5.41, 5.74) is -1.49. The molecule has 0 aliphatic heterocycles. The van der Waals surface area contributed by atoms with Crippen molar-refractivity contribution < 1.29 is 29.3 Å². The van der Waals surface area contributed by atoms with Crippen LogP contribution in [0.5, 0.6) is 0 Å².